The fourth-order valence-corrected chi connectivity index (χ4v) is 3.52. The number of allylic oxidation sites excluding steroid dienone is 1. The van der Waals surface area contributed by atoms with Gasteiger partial charge >= 0.3 is 5.97 Å². The van der Waals surface area contributed by atoms with E-state index in [0.717, 1.165) is 28.0 Å². The number of carboxylic acid groups (broad SMARTS) is 1. The Morgan fingerprint density at radius 2 is 1.85 bits per heavy atom. The Bertz CT molecular complexity index is 1170. The molecule has 1 aromatic heterocycles. The van der Waals surface area contributed by atoms with Crippen LogP contribution >= 0.6 is 11.6 Å². The van der Waals surface area contributed by atoms with Crippen LogP contribution in [0.3, 0.4) is 0 Å². The number of carboxylic acids is 1. The van der Waals surface area contributed by atoms with Crippen LogP contribution in [0.25, 0.3) is 11.6 Å². The summed E-state index contributed by atoms with van der Waals surface area (Å²) in [5.41, 5.74) is 4.31. The number of pyridine rings is 1. The second kappa shape index (κ2) is 11.8. The molecule has 5 nitrogen and oxygen atoms in total. The van der Waals surface area contributed by atoms with Gasteiger partial charge in [0.05, 0.1) is 0 Å². The number of carbonyl (C=O) groups is 2. The zero-order chi connectivity index (χ0) is 23.6. The molecule has 0 aliphatic carbocycles. The number of rotatable bonds is 9. The molecule has 1 N–H and O–H groups in total. The second-order valence-electron chi connectivity index (χ2n) is 7.45. The van der Waals surface area contributed by atoms with Gasteiger partial charge in [-0.15, -0.1) is 0 Å². The number of halogens is 1. The van der Waals surface area contributed by atoms with Gasteiger partial charge in [0.2, 0.25) is 0 Å². The summed E-state index contributed by atoms with van der Waals surface area (Å²) in [5.74, 6) is -0.987. The molecule has 1 heterocycles. The maximum absolute atomic E-state index is 12.8. The van der Waals surface area contributed by atoms with E-state index < -0.39 is 5.97 Å². The molecule has 33 heavy (non-hydrogen) atoms. The van der Waals surface area contributed by atoms with Crippen molar-refractivity contribution >= 4 is 40.8 Å². The Hall–Kier alpha value is -3.70. The zero-order valence-electron chi connectivity index (χ0n) is 18.3. The largest absolute Gasteiger partial charge is 0.481 e. The van der Waals surface area contributed by atoms with E-state index in [2.05, 4.69) is 4.98 Å². The lowest BCUT2D eigenvalue weighted by Gasteiger charge is -2.17. The van der Waals surface area contributed by atoms with E-state index in [1.54, 1.807) is 36.5 Å². The van der Waals surface area contributed by atoms with E-state index in [4.69, 9.17) is 16.7 Å². The molecular formula is C27H25ClN2O3. The van der Waals surface area contributed by atoms with Gasteiger partial charge in [-0.25, -0.2) is 0 Å². The number of anilines is 1. The number of aliphatic carboxylic acids is 1. The van der Waals surface area contributed by atoms with E-state index in [9.17, 15) is 9.59 Å². The van der Waals surface area contributed by atoms with E-state index in [-0.39, 0.29) is 12.3 Å². The summed E-state index contributed by atoms with van der Waals surface area (Å²) in [6, 6.07) is 18.8. The molecule has 2 aromatic carbocycles. The normalized spacial score (nSPS) is 11.5. The summed E-state index contributed by atoms with van der Waals surface area (Å²) in [6.07, 6.45) is 9.99. The monoisotopic (exact) mass is 460 g/mol. The molecule has 6 heteroatoms. The van der Waals surface area contributed by atoms with Gasteiger partial charge in [0.25, 0.3) is 5.91 Å². The summed E-state index contributed by atoms with van der Waals surface area (Å²) in [4.78, 5) is 29.4. The Balaban J connectivity index is 1.84. The van der Waals surface area contributed by atoms with Crippen molar-refractivity contribution in [2.45, 2.75) is 19.3 Å². The molecule has 0 bridgehead atoms. The van der Waals surface area contributed by atoms with Crippen molar-refractivity contribution < 1.29 is 14.7 Å². The highest BCUT2D eigenvalue weighted by atomic mass is 35.5. The molecule has 0 saturated heterocycles. The highest BCUT2D eigenvalue weighted by Crippen LogP contribution is 2.27. The molecule has 0 aliphatic rings. The van der Waals surface area contributed by atoms with Crippen LogP contribution in [0.5, 0.6) is 0 Å². The summed E-state index contributed by atoms with van der Waals surface area (Å²) in [6.45, 7) is 0. The maximum atomic E-state index is 12.8. The predicted octanol–water partition coefficient (Wildman–Crippen LogP) is 6.10. The topological polar surface area (TPSA) is 70.5 Å². The minimum atomic E-state index is -0.807. The van der Waals surface area contributed by atoms with Gasteiger partial charge in [-0.3, -0.25) is 14.6 Å². The Kier molecular flexibility index (Phi) is 8.56. The van der Waals surface area contributed by atoms with Crippen LogP contribution in [0.4, 0.5) is 5.69 Å². The Morgan fingerprint density at radius 3 is 2.58 bits per heavy atom. The van der Waals surface area contributed by atoms with E-state index in [1.807, 2.05) is 60.7 Å². The number of benzene rings is 2. The first-order chi connectivity index (χ1) is 16.0. The SMILES string of the molecule is CN(C(=O)C=Cc1ccccc1Cl)c1cccc(C(=CCCCC(=O)O)c2cccnc2)c1. The molecule has 1 amide bonds. The third-order valence-electron chi connectivity index (χ3n) is 5.10. The third-order valence-corrected chi connectivity index (χ3v) is 5.45. The minimum Gasteiger partial charge on any atom is -0.481 e. The molecule has 3 rings (SSSR count). The molecule has 168 valence electrons. The van der Waals surface area contributed by atoms with Crippen LogP contribution in [0.1, 0.15) is 36.0 Å². The standard InChI is InChI=1S/C27H25ClN2O3/c1-30(26(31)16-15-20-8-2-4-13-25(20)28)23-11-6-9-21(18-23)24(12-3-5-14-27(32)33)22-10-7-17-29-19-22/h2,4,6-13,15-19H,3,5,14H2,1H3,(H,32,33). The first kappa shape index (κ1) is 24.0. The highest BCUT2D eigenvalue weighted by molar-refractivity contribution is 6.32. The maximum Gasteiger partial charge on any atom is 0.303 e. The van der Waals surface area contributed by atoms with Gasteiger partial charge in [-0.2, -0.15) is 0 Å². The van der Waals surface area contributed by atoms with Gasteiger partial charge in [-0.1, -0.05) is 54.1 Å². The number of hydrogen-bond donors (Lipinski definition) is 1. The van der Waals surface area contributed by atoms with Crippen molar-refractivity contribution in [3.63, 3.8) is 0 Å². The minimum absolute atomic E-state index is 0.117. The van der Waals surface area contributed by atoms with Crippen LogP contribution in [-0.2, 0) is 9.59 Å². The van der Waals surface area contributed by atoms with Gasteiger partial charge in [0, 0.05) is 48.2 Å². The van der Waals surface area contributed by atoms with Gasteiger partial charge in [-0.05, 0) is 59.9 Å². The first-order valence-electron chi connectivity index (χ1n) is 10.6. The van der Waals surface area contributed by atoms with Crippen molar-refractivity contribution in [1.82, 2.24) is 4.98 Å². The number of nitrogens with zero attached hydrogens (tertiary/aromatic N) is 2. The number of aromatic nitrogens is 1. The smallest absolute Gasteiger partial charge is 0.303 e. The average molecular weight is 461 g/mol. The Morgan fingerprint density at radius 1 is 1.06 bits per heavy atom. The van der Waals surface area contributed by atoms with Crippen molar-refractivity contribution in [3.8, 4) is 0 Å². The van der Waals surface area contributed by atoms with Crippen LogP contribution in [0.2, 0.25) is 5.02 Å². The lowest BCUT2D eigenvalue weighted by atomic mass is 9.97. The fraction of sp³-hybridized carbons (Fsp3) is 0.148. The van der Waals surface area contributed by atoms with Crippen molar-refractivity contribution in [1.29, 1.82) is 0 Å². The predicted molar refractivity (Wildman–Crippen MR) is 133 cm³/mol. The molecule has 0 radical (unpaired) electrons. The molecule has 0 saturated carbocycles. The van der Waals surface area contributed by atoms with Crippen molar-refractivity contribution in [2.75, 3.05) is 11.9 Å². The number of unbranched alkanes of at least 4 members (excludes halogenated alkanes) is 1. The number of amides is 1. The van der Waals surface area contributed by atoms with E-state index in [1.165, 1.54) is 6.08 Å². The number of carbonyl (C=O) groups excluding carboxylic acids is 1. The summed E-state index contributed by atoms with van der Waals surface area (Å²) >= 11 is 6.17. The zero-order valence-corrected chi connectivity index (χ0v) is 19.1. The quantitative estimate of drug-likeness (QED) is 0.309. The lowest BCUT2D eigenvalue weighted by Crippen LogP contribution is -2.24. The van der Waals surface area contributed by atoms with Crippen molar-refractivity contribution in [3.05, 3.63) is 107 Å². The molecule has 0 unspecified atom stereocenters. The van der Waals surface area contributed by atoms with Crippen molar-refractivity contribution in [2.24, 2.45) is 0 Å². The summed E-state index contributed by atoms with van der Waals surface area (Å²) in [5, 5.41) is 9.50. The first-order valence-corrected chi connectivity index (χ1v) is 11.0. The average Bonchev–Trinajstić information content (AvgIpc) is 2.83. The molecule has 0 fully saturated rings. The Labute approximate surface area is 198 Å². The molecule has 3 aromatic rings. The molecule has 0 spiro atoms. The van der Waals surface area contributed by atoms with Gasteiger partial charge < -0.3 is 10.0 Å². The van der Waals surface area contributed by atoms with Gasteiger partial charge in [0.15, 0.2) is 0 Å². The van der Waals surface area contributed by atoms with E-state index >= 15 is 0 Å². The van der Waals surface area contributed by atoms with E-state index in [0.29, 0.717) is 17.9 Å². The van der Waals surface area contributed by atoms with Crippen LogP contribution in [0.15, 0.2) is 85.2 Å². The molecule has 0 atom stereocenters. The summed E-state index contributed by atoms with van der Waals surface area (Å²) in [7, 11) is 1.72. The van der Waals surface area contributed by atoms with Crippen LogP contribution in [0, 0.1) is 0 Å². The van der Waals surface area contributed by atoms with Gasteiger partial charge in [0.1, 0.15) is 0 Å². The second-order valence-corrected chi connectivity index (χ2v) is 7.86. The fourth-order valence-electron chi connectivity index (χ4n) is 3.32. The number of hydrogen-bond acceptors (Lipinski definition) is 3. The van der Waals surface area contributed by atoms with Crippen LogP contribution in [-0.4, -0.2) is 29.0 Å². The lowest BCUT2D eigenvalue weighted by molar-refractivity contribution is -0.137. The molecular weight excluding hydrogens is 436 g/mol. The number of likely N-dealkylation sites (N-methyl/N-ethyl adjacent to an activating group) is 1. The summed E-state index contributed by atoms with van der Waals surface area (Å²) < 4.78 is 0. The van der Waals surface area contributed by atoms with Crippen LogP contribution < -0.4 is 4.90 Å². The third kappa shape index (κ3) is 6.89. The molecule has 0 aliphatic heterocycles. The highest BCUT2D eigenvalue weighted by Gasteiger charge is 2.11.